The lowest BCUT2D eigenvalue weighted by Gasteiger charge is -2.33. The van der Waals surface area contributed by atoms with E-state index in [0.29, 0.717) is 27.4 Å². The van der Waals surface area contributed by atoms with Gasteiger partial charge in [0.05, 0.1) is 36.3 Å². The average molecular weight is 454 g/mol. The molecule has 0 saturated carbocycles. The Morgan fingerprint density at radius 2 is 2.10 bits per heavy atom. The minimum Gasteiger partial charge on any atom is -0.370 e. The molecule has 0 fully saturated rings. The molecule has 1 aromatic carbocycles. The molecule has 1 aliphatic rings. The predicted molar refractivity (Wildman–Crippen MR) is 122 cm³/mol. The first kappa shape index (κ1) is 20.3. The van der Waals surface area contributed by atoms with Gasteiger partial charge in [0.2, 0.25) is 0 Å². The third-order valence-corrected chi connectivity index (χ3v) is 7.28. The molecule has 3 aromatic heterocycles. The maximum absolute atomic E-state index is 13.1. The van der Waals surface area contributed by atoms with E-state index in [1.807, 2.05) is 6.07 Å². The van der Waals surface area contributed by atoms with Crippen molar-refractivity contribution < 1.29 is 9.53 Å². The molecule has 4 heterocycles. The second-order valence-corrected chi connectivity index (χ2v) is 9.54. The summed E-state index contributed by atoms with van der Waals surface area (Å²) >= 11 is 7.22. The van der Waals surface area contributed by atoms with E-state index in [2.05, 4.69) is 18.8 Å². The summed E-state index contributed by atoms with van der Waals surface area (Å²) in [5.74, 6) is -0.175. The number of fused-ring (bicyclic) bond motifs is 4. The molecule has 4 aromatic rings. The summed E-state index contributed by atoms with van der Waals surface area (Å²) in [5.41, 5.74) is 2.75. The fourth-order valence-electron chi connectivity index (χ4n) is 3.83. The Bertz CT molecular complexity index is 1390. The summed E-state index contributed by atoms with van der Waals surface area (Å²) in [7, 11) is 0. The molecule has 1 atom stereocenters. The molecule has 5 rings (SSSR count). The van der Waals surface area contributed by atoms with Gasteiger partial charge in [-0.3, -0.25) is 14.2 Å². The number of hydrogen-bond acceptors (Lipinski definition) is 6. The normalized spacial score (nSPS) is 18.4. The average Bonchev–Trinajstić information content (AvgIpc) is 3.12. The molecule has 8 heteroatoms. The van der Waals surface area contributed by atoms with Crippen LogP contribution in [0.1, 0.15) is 41.9 Å². The molecular weight excluding hydrogens is 434 g/mol. The molecule has 0 spiro atoms. The third kappa shape index (κ3) is 3.56. The molecule has 0 amide bonds. The zero-order valence-corrected chi connectivity index (χ0v) is 18.7. The predicted octanol–water partition coefficient (Wildman–Crippen LogP) is 4.78. The van der Waals surface area contributed by atoms with Gasteiger partial charge in [0.1, 0.15) is 9.53 Å². The lowest BCUT2D eigenvalue weighted by atomic mass is 9.91. The van der Waals surface area contributed by atoms with E-state index < -0.39 is 0 Å². The number of Topliss-reactive ketones (excluding diaryl/α,β-unsaturated/α-hetero) is 1. The number of aromatic nitrogens is 3. The van der Waals surface area contributed by atoms with Crippen LogP contribution in [0.5, 0.6) is 0 Å². The van der Waals surface area contributed by atoms with Crippen molar-refractivity contribution in [1.82, 2.24) is 14.5 Å². The standard InChI is InChI=1S/C23H20ClN3O3S/c1-3-23(2)9-17-14(11-30-23)8-16-19-20(31-21(16)26-17)22(29)27(12-25-19)10-18(28)13-4-6-15(24)7-5-13/h4-8,12H,3,9-11H2,1-2H3/t23-/m1/s1. The molecule has 158 valence electrons. The van der Waals surface area contributed by atoms with E-state index >= 15 is 0 Å². The largest absolute Gasteiger partial charge is 0.370 e. The highest BCUT2D eigenvalue weighted by molar-refractivity contribution is 7.25. The second-order valence-electron chi connectivity index (χ2n) is 8.10. The van der Waals surface area contributed by atoms with Crippen LogP contribution >= 0.6 is 22.9 Å². The molecule has 0 radical (unpaired) electrons. The Morgan fingerprint density at radius 3 is 2.84 bits per heavy atom. The number of ketones is 1. The Hall–Kier alpha value is -2.61. The molecule has 0 unspecified atom stereocenters. The molecular formula is C23H20ClN3O3S. The van der Waals surface area contributed by atoms with Gasteiger partial charge in [-0.25, -0.2) is 9.97 Å². The van der Waals surface area contributed by atoms with Gasteiger partial charge < -0.3 is 4.74 Å². The number of carbonyl (C=O) groups excluding carboxylic acids is 1. The first-order valence-electron chi connectivity index (χ1n) is 10.1. The van der Waals surface area contributed by atoms with E-state index in [4.69, 9.17) is 21.3 Å². The van der Waals surface area contributed by atoms with Gasteiger partial charge in [-0.15, -0.1) is 11.3 Å². The van der Waals surface area contributed by atoms with Gasteiger partial charge in [-0.1, -0.05) is 18.5 Å². The Balaban J connectivity index is 1.54. The van der Waals surface area contributed by atoms with Crippen LogP contribution in [0.25, 0.3) is 20.4 Å². The van der Waals surface area contributed by atoms with E-state index in [1.54, 1.807) is 24.3 Å². The first-order chi connectivity index (χ1) is 14.9. The number of thiophene rings is 1. The number of pyridine rings is 1. The van der Waals surface area contributed by atoms with Crippen molar-refractivity contribution in [3.8, 4) is 0 Å². The van der Waals surface area contributed by atoms with Gasteiger partial charge in [0.15, 0.2) is 5.78 Å². The smallest absolute Gasteiger partial charge is 0.271 e. The topological polar surface area (TPSA) is 74.1 Å². The summed E-state index contributed by atoms with van der Waals surface area (Å²) in [4.78, 5) is 35.8. The van der Waals surface area contributed by atoms with Gasteiger partial charge in [-0.2, -0.15) is 0 Å². The van der Waals surface area contributed by atoms with Crippen molar-refractivity contribution in [3.63, 3.8) is 0 Å². The number of hydrogen-bond donors (Lipinski definition) is 0. The van der Waals surface area contributed by atoms with Crippen LogP contribution in [0.2, 0.25) is 5.02 Å². The molecule has 0 saturated heterocycles. The molecule has 6 nitrogen and oxygen atoms in total. The summed E-state index contributed by atoms with van der Waals surface area (Å²) in [6.45, 7) is 4.64. The van der Waals surface area contributed by atoms with Crippen molar-refractivity contribution in [2.24, 2.45) is 0 Å². The van der Waals surface area contributed by atoms with Crippen LogP contribution in [0.3, 0.4) is 0 Å². The summed E-state index contributed by atoms with van der Waals surface area (Å²) in [6, 6.07) is 8.67. The number of benzene rings is 1. The number of rotatable bonds is 4. The third-order valence-electron chi connectivity index (χ3n) is 5.95. The van der Waals surface area contributed by atoms with Gasteiger partial charge in [-0.05, 0) is 43.7 Å². The Kier molecular flexibility index (Phi) is 4.92. The van der Waals surface area contributed by atoms with Crippen molar-refractivity contribution in [3.05, 3.63) is 68.9 Å². The minimum absolute atomic E-state index is 0.0791. The Morgan fingerprint density at radius 1 is 1.32 bits per heavy atom. The van der Waals surface area contributed by atoms with E-state index in [1.165, 1.54) is 22.2 Å². The van der Waals surface area contributed by atoms with Crippen LogP contribution in [0.4, 0.5) is 0 Å². The molecule has 1 aliphatic heterocycles. The lowest BCUT2D eigenvalue weighted by Crippen LogP contribution is -2.35. The van der Waals surface area contributed by atoms with Gasteiger partial charge in [0.25, 0.3) is 5.56 Å². The maximum atomic E-state index is 13.1. The van der Waals surface area contributed by atoms with E-state index in [9.17, 15) is 9.59 Å². The molecule has 0 bridgehead atoms. The van der Waals surface area contributed by atoms with Crippen LogP contribution in [-0.4, -0.2) is 25.9 Å². The van der Waals surface area contributed by atoms with Crippen LogP contribution in [0, 0.1) is 0 Å². The van der Waals surface area contributed by atoms with Crippen LogP contribution < -0.4 is 5.56 Å². The van der Waals surface area contributed by atoms with Crippen LogP contribution in [-0.2, 0) is 24.3 Å². The number of carbonyl (C=O) groups is 1. The SMILES string of the molecule is CC[C@]1(C)Cc2nc3sc4c(=O)n(CC(=O)c5ccc(Cl)cc5)cnc4c3cc2CO1. The number of ether oxygens (including phenoxy) is 1. The van der Waals surface area contributed by atoms with Gasteiger partial charge >= 0.3 is 0 Å². The quantitative estimate of drug-likeness (QED) is 0.415. The monoisotopic (exact) mass is 453 g/mol. The molecule has 0 N–H and O–H groups in total. The summed E-state index contributed by atoms with van der Waals surface area (Å²) < 4.78 is 7.91. The highest BCUT2D eigenvalue weighted by Crippen LogP contribution is 2.35. The first-order valence-corrected chi connectivity index (χ1v) is 11.3. The highest BCUT2D eigenvalue weighted by atomic mass is 35.5. The van der Waals surface area contributed by atoms with Crippen LogP contribution in [0.15, 0.2) is 41.5 Å². The van der Waals surface area contributed by atoms with Crippen molar-refractivity contribution in [2.75, 3.05) is 0 Å². The molecule has 0 aliphatic carbocycles. The fourth-order valence-corrected chi connectivity index (χ4v) is 5.03. The summed E-state index contributed by atoms with van der Waals surface area (Å²) in [6.07, 6.45) is 3.09. The zero-order valence-electron chi connectivity index (χ0n) is 17.1. The van der Waals surface area contributed by atoms with Crippen molar-refractivity contribution >= 4 is 49.2 Å². The fraction of sp³-hybridized carbons (Fsp3) is 0.304. The number of halogens is 1. The van der Waals surface area contributed by atoms with Crippen molar-refractivity contribution in [1.29, 1.82) is 0 Å². The van der Waals surface area contributed by atoms with E-state index in [0.717, 1.165) is 34.3 Å². The van der Waals surface area contributed by atoms with Crippen molar-refractivity contribution in [2.45, 2.75) is 45.4 Å². The highest BCUT2D eigenvalue weighted by Gasteiger charge is 2.31. The minimum atomic E-state index is -0.233. The Labute approximate surface area is 187 Å². The van der Waals surface area contributed by atoms with E-state index in [-0.39, 0.29) is 23.5 Å². The number of nitrogens with zero attached hydrogens (tertiary/aromatic N) is 3. The maximum Gasteiger partial charge on any atom is 0.271 e. The molecule has 31 heavy (non-hydrogen) atoms. The lowest BCUT2D eigenvalue weighted by molar-refractivity contribution is -0.0573. The second kappa shape index (κ2) is 7.51. The summed E-state index contributed by atoms with van der Waals surface area (Å²) in [5, 5.41) is 1.41. The van der Waals surface area contributed by atoms with Gasteiger partial charge in [0, 0.05) is 28.0 Å². The zero-order chi connectivity index (χ0) is 21.8.